The Morgan fingerprint density at radius 3 is 2.03 bits per heavy atom. The van der Waals surface area contributed by atoms with Gasteiger partial charge >= 0.3 is 0 Å². The average molecular weight is 472 g/mol. The van der Waals surface area contributed by atoms with Gasteiger partial charge in [0.2, 0.25) is 0 Å². The molecule has 34 heavy (non-hydrogen) atoms. The Kier molecular flexibility index (Phi) is 8.56. The maximum absolute atomic E-state index is 6.13. The van der Waals surface area contributed by atoms with Crippen molar-refractivity contribution in [2.75, 3.05) is 6.54 Å². The molecule has 0 aliphatic heterocycles. The van der Waals surface area contributed by atoms with Crippen LogP contribution in [0.4, 0.5) is 0 Å². The third kappa shape index (κ3) is 5.97. The first-order valence-corrected chi connectivity index (χ1v) is 12.7. The van der Waals surface area contributed by atoms with E-state index >= 15 is 0 Å². The molecule has 0 N–H and O–H groups in total. The zero-order chi connectivity index (χ0) is 23.8. The fraction of sp³-hybridized carbons (Fsp3) is 0.300. The Morgan fingerprint density at radius 2 is 1.41 bits per heavy atom. The number of halogens is 1. The number of hydrogen-bond acceptors (Lipinski definition) is 2. The predicted molar refractivity (Wildman–Crippen MR) is 144 cm³/mol. The minimum Gasteiger partial charge on any atom is -0.326 e. The van der Waals surface area contributed by atoms with Crippen LogP contribution in [-0.4, -0.2) is 21.0 Å². The number of rotatable bonds is 11. The molecule has 0 spiro atoms. The highest BCUT2D eigenvalue weighted by molar-refractivity contribution is 6.30. The first-order chi connectivity index (χ1) is 16.7. The quantitative estimate of drug-likeness (QED) is 0.220. The summed E-state index contributed by atoms with van der Waals surface area (Å²) in [4.78, 5) is 7.79. The zero-order valence-electron chi connectivity index (χ0n) is 20.3. The Labute approximate surface area is 209 Å². The van der Waals surface area contributed by atoms with Crippen LogP contribution >= 0.6 is 11.6 Å². The molecule has 4 rings (SSSR count). The lowest BCUT2D eigenvalue weighted by molar-refractivity contribution is 0.251. The van der Waals surface area contributed by atoms with Gasteiger partial charge in [0.05, 0.1) is 11.4 Å². The van der Waals surface area contributed by atoms with E-state index in [9.17, 15) is 0 Å². The lowest BCUT2D eigenvalue weighted by atomic mass is 10.1. The van der Waals surface area contributed by atoms with Crippen LogP contribution in [0.5, 0.6) is 0 Å². The maximum atomic E-state index is 6.13. The zero-order valence-corrected chi connectivity index (χ0v) is 21.0. The Hall–Kier alpha value is -2.88. The SMILES string of the molecule is CCCCn1c(-c2ccccc2)nc(-c2ccccc2)c1CN(CCC)Cc1ccc(Cl)cc1. The summed E-state index contributed by atoms with van der Waals surface area (Å²) in [5.74, 6) is 1.06. The van der Waals surface area contributed by atoms with Crippen LogP contribution in [0.1, 0.15) is 44.4 Å². The summed E-state index contributed by atoms with van der Waals surface area (Å²) in [6, 6.07) is 29.4. The van der Waals surface area contributed by atoms with Crippen LogP contribution in [0.3, 0.4) is 0 Å². The molecule has 3 nitrogen and oxygen atoms in total. The summed E-state index contributed by atoms with van der Waals surface area (Å²) in [6.45, 7) is 8.23. The van der Waals surface area contributed by atoms with Gasteiger partial charge < -0.3 is 4.57 Å². The van der Waals surface area contributed by atoms with Crippen LogP contribution in [0, 0.1) is 0 Å². The topological polar surface area (TPSA) is 21.1 Å². The van der Waals surface area contributed by atoms with Crippen LogP contribution in [0.25, 0.3) is 22.6 Å². The van der Waals surface area contributed by atoms with Crippen molar-refractivity contribution in [1.82, 2.24) is 14.5 Å². The van der Waals surface area contributed by atoms with E-state index in [1.54, 1.807) is 0 Å². The molecule has 0 saturated carbocycles. The van der Waals surface area contributed by atoms with Gasteiger partial charge in [-0.15, -0.1) is 0 Å². The monoisotopic (exact) mass is 471 g/mol. The van der Waals surface area contributed by atoms with E-state index in [1.165, 1.54) is 22.4 Å². The molecule has 1 aromatic heterocycles. The summed E-state index contributed by atoms with van der Waals surface area (Å²) in [6.07, 6.45) is 3.38. The lowest BCUT2D eigenvalue weighted by Crippen LogP contribution is -2.25. The second-order valence-corrected chi connectivity index (χ2v) is 9.24. The predicted octanol–water partition coefficient (Wildman–Crippen LogP) is 8.08. The van der Waals surface area contributed by atoms with E-state index in [2.05, 4.69) is 96.1 Å². The van der Waals surface area contributed by atoms with Gasteiger partial charge in [-0.2, -0.15) is 0 Å². The van der Waals surface area contributed by atoms with Crippen molar-refractivity contribution >= 4 is 11.6 Å². The molecule has 0 aliphatic rings. The molecule has 0 saturated heterocycles. The largest absolute Gasteiger partial charge is 0.326 e. The van der Waals surface area contributed by atoms with Crippen LogP contribution in [0.15, 0.2) is 84.9 Å². The molecule has 4 aromatic rings. The summed E-state index contributed by atoms with van der Waals surface area (Å²) >= 11 is 6.13. The fourth-order valence-corrected chi connectivity index (χ4v) is 4.55. The molecule has 4 heteroatoms. The first-order valence-electron chi connectivity index (χ1n) is 12.4. The highest BCUT2D eigenvalue weighted by atomic mass is 35.5. The Morgan fingerprint density at radius 1 is 0.765 bits per heavy atom. The highest BCUT2D eigenvalue weighted by Gasteiger charge is 2.21. The molecule has 0 aliphatic carbocycles. The number of unbranched alkanes of at least 4 members (excludes halogenated alkanes) is 1. The van der Waals surface area contributed by atoms with Gasteiger partial charge in [-0.3, -0.25) is 4.90 Å². The highest BCUT2D eigenvalue weighted by Crippen LogP contribution is 2.31. The van der Waals surface area contributed by atoms with E-state index in [1.807, 2.05) is 12.1 Å². The van der Waals surface area contributed by atoms with E-state index in [-0.39, 0.29) is 0 Å². The van der Waals surface area contributed by atoms with Crippen LogP contribution in [0.2, 0.25) is 5.02 Å². The molecule has 0 unspecified atom stereocenters. The van der Waals surface area contributed by atoms with Gasteiger partial charge in [-0.1, -0.05) is 105 Å². The van der Waals surface area contributed by atoms with Gasteiger partial charge in [-0.25, -0.2) is 4.98 Å². The normalized spacial score (nSPS) is 11.3. The summed E-state index contributed by atoms with van der Waals surface area (Å²) in [5, 5.41) is 0.780. The molecule has 0 bridgehead atoms. The van der Waals surface area contributed by atoms with Crippen molar-refractivity contribution in [3.8, 4) is 22.6 Å². The first kappa shape index (κ1) is 24.3. The molecule has 176 valence electrons. The summed E-state index contributed by atoms with van der Waals surface area (Å²) in [5.41, 5.74) is 6.00. The standard InChI is InChI=1S/C30H34ClN3/c1-3-5-21-34-28(23-33(20-4-2)22-24-16-18-27(31)19-17-24)29(25-12-8-6-9-13-25)32-30(34)26-14-10-7-11-15-26/h6-19H,3-5,20-23H2,1-2H3. The van der Waals surface area contributed by atoms with Crippen molar-refractivity contribution in [3.05, 3.63) is 101 Å². The van der Waals surface area contributed by atoms with Gasteiger partial charge in [0.1, 0.15) is 5.82 Å². The number of hydrogen-bond donors (Lipinski definition) is 0. The summed E-state index contributed by atoms with van der Waals surface area (Å²) in [7, 11) is 0. The summed E-state index contributed by atoms with van der Waals surface area (Å²) < 4.78 is 2.46. The van der Waals surface area contributed by atoms with Crippen LogP contribution in [-0.2, 0) is 19.6 Å². The fourth-order valence-electron chi connectivity index (χ4n) is 4.43. The Bertz CT molecular complexity index is 1150. The van der Waals surface area contributed by atoms with Crippen molar-refractivity contribution in [2.24, 2.45) is 0 Å². The molecule has 0 fully saturated rings. The molecule has 3 aromatic carbocycles. The molecule has 0 atom stereocenters. The number of nitrogens with zero attached hydrogens (tertiary/aromatic N) is 3. The number of benzene rings is 3. The molecule has 0 amide bonds. The van der Waals surface area contributed by atoms with Crippen molar-refractivity contribution < 1.29 is 0 Å². The second kappa shape index (κ2) is 12.0. The van der Waals surface area contributed by atoms with Gasteiger partial charge in [0, 0.05) is 35.8 Å². The third-order valence-corrected chi connectivity index (χ3v) is 6.37. The minimum atomic E-state index is 0.780. The van der Waals surface area contributed by atoms with E-state index in [4.69, 9.17) is 16.6 Å². The van der Waals surface area contributed by atoms with Crippen LogP contribution < -0.4 is 0 Å². The molecular weight excluding hydrogens is 438 g/mol. The van der Waals surface area contributed by atoms with Crippen molar-refractivity contribution in [2.45, 2.75) is 52.7 Å². The van der Waals surface area contributed by atoms with Gasteiger partial charge in [-0.05, 0) is 37.1 Å². The average Bonchev–Trinajstić information content (AvgIpc) is 3.23. The van der Waals surface area contributed by atoms with Crippen molar-refractivity contribution in [3.63, 3.8) is 0 Å². The maximum Gasteiger partial charge on any atom is 0.140 e. The number of imidazole rings is 1. The molecule has 0 radical (unpaired) electrons. The Balaban J connectivity index is 1.78. The second-order valence-electron chi connectivity index (χ2n) is 8.81. The van der Waals surface area contributed by atoms with Crippen molar-refractivity contribution in [1.29, 1.82) is 0 Å². The molecule has 1 heterocycles. The lowest BCUT2D eigenvalue weighted by Gasteiger charge is -2.24. The molecular formula is C30H34ClN3. The van der Waals surface area contributed by atoms with E-state index < -0.39 is 0 Å². The number of aromatic nitrogens is 2. The minimum absolute atomic E-state index is 0.780. The van der Waals surface area contributed by atoms with E-state index in [0.29, 0.717) is 0 Å². The van der Waals surface area contributed by atoms with Gasteiger partial charge in [0.15, 0.2) is 0 Å². The van der Waals surface area contributed by atoms with E-state index in [0.717, 1.165) is 62.0 Å². The smallest absolute Gasteiger partial charge is 0.140 e. The third-order valence-electron chi connectivity index (χ3n) is 6.12. The van der Waals surface area contributed by atoms with Gasteiger partial charge in [0.25, 0.3) is 0 Å².